The van der Waals surface area contributed by atoms with Gasteiger partial charge >= 0.3 is 0 Å². The number of hydrogen-bond donors (Lipinski definition) is 2. The summed E-state index contributed by atoms with van der Waals surface area (Å²) in [5.41, 5.74) is 1.17. The number of nitrogens with zero attached hydrogens (tertiary/aromatic N) is 2. The second-order valence-electron chi connectivity index (χ2n) is 6.49. The van der Waals surface area contributed by atoms with Crippen LogP contribution in [0.1, 0.15) is 38.7 Å². The molecule has 142 valence electrons. The van der Waals surface area contributed by atoms with Gasteiger partial charge in [-0.1, -0.05) is 30.7 Å². The van der Waals surface area contributed by atoms with Crippen LogP contribution in [0.15, 0.2) is 29.3 Å². The Morgan fingerprint density at radius 2 is 1.84 bits per heavy atom. The Balaban J connectivity index is 0.00000312. The van der Waals surface area contributed by atoms with E-state index >= 15 is 0 Å². The third-order valence-corrected chi connectivity index (χ3v) is 4.73. The number of benzene rings is 1. The van der Waals surface area contributed by atoms with Gasteiger partial charge < -0.3 is 15.5 Å². The predicted molar refractivity (Wildman–Crippen MR) is 119 cm³/mol. The van der Waals surface area contributed by atoms with Gasteiger partial charge in [-0.05, 0) is 69.4 Å². The summed E-state index contributed by atoms with van der Waals surface area (Å²) in [6.45, 7) is 10.6. The molecule has 4 nitrogen and oxygen atoms in total. The molecule has 1 heterocycles. The maximum atomic E-state index is 5.93. The van der Waals surface area contributed by atoms with E-state index in [4.69, 9.17) is 11.6 Å². The van der Waals surface area contributed by atoms with Crippen LogP contribution in [0.5, 0.6) is 0 Å². The van der Waals surface area contributed by atoms with Crippen LogP contribution in [0.25, 0.3) is 0 Å². The lowest BCUT2D eigenvalue weighted by atomic mass is 9.97. The Morgan fingerprint density at radius 3 is 2.44 bits per heavy atom. The first-order valence-electron chi connectivity index (χ1n) is 9.20. The number of piperidine rings is 1. The highest BCUT2D eigenvalue weighted by Crippen LogP contribution is 2.16. The molecule has 0 atom stereocenters. The second kappa shape index (κ2) is 12.8. The molecule has 0 unspecified atom stereocenters. The monoisotopic (exact) mass is 478 g/mol. The van der Waals surface area contributed by atoms with E-state index in [0.717, 1.165) is 30.0 Å². The highest BCUT2D eigenvalue weighted by atomic mass is 127. The zero-order chi connectivity index (χ0) is 17.2. The van der Waals surface area contributed by atoms with Gasteiger partial charge in [0.1, 0.15) is 0 Å². The van der Waals surface area contributed by atoms with Gasteiger partial charge in [-0.15, -0.1) is 24.0 Å². The molecule has 1 aliphatic heterocycles. The topological polar surface area (TPSA) is 39.7 Å². The number of aliphatic imine (C=N–C) groups is 1. The molecule has 0 aromatic heterocycles. The van der Waals surface area contributed by atoms with Crippen molar-refractivity contribution in [3.8, 4) is 0 Å². The van der Waals surface area contributed by atoms with Crippen molar-refractivity contribution in [1.82, 2.24) is 15.5 Å². The lowest BCUT2D eigenvalue weighted by Gasteiger charge is -2.32. The fourth-order valence-electron chi connectivity index (χ4n) is 3.07. The average molecular weight is 479 g/mol. The van der Waals surface area contributed by atoms with Crippen molar-refractivity contribution in [2.45, 2.75) is 39.7 Å². The minimum atomic E-state index is 0. The number of halogens is 2. The zero-order valence-electron chi connectivity index (χ0n) is 15.4. The quantitative estimate of drug-likeness (QED) is 0.352. The predicted octanol–water partition coefficient (Wildman–Crippen LogP) is 4.14. The molecular formula is C19H32ClIN4. The van der Waals surface area contributed by atoms with Crippen LogP contribution in [0.4, 0.5) is 0 Å². The van der Waals surface area contributed by atoms with Gasteiger partial charge in [0.25, 0.3) is 0 Å². The van der Waals surface area contributed by atoms with Crippen molar-refractivity contribution in [2.75, 3.05) is 32.7 Å². The summed E-state index contributed by atoms with van der Waals surface area (Å²) >= 11 is 5.93. The van der Waals surface area contributed by atoms with Crippen LogP contribution >= 0.6 is 35.6 Å². The summed E-state index contributed by atoms with van der Waals surface area (Å²) in [4.78, 5) is 7.26. The minimum absolute atomic E-state index is 0. The first-order valence-corrected chi connectivity index (χ1v) is 9.58. The van der Waals surface area contributed by atoms with Crippen molar-refractivity contribution >= 4 is 41.5 Å². The maximum absolute atomic E-state index is 5.93. The fraction of sp³-hybridized carbons (Fsp3) is 0.632. The Bertz CT molecular complexity index is 499. The van der Waals surface area contributed by atoms with Crippen LogP contribution in [0, 0.1) is 5.92 Å². The zero-order valence-corrected chi connectivity index (χ0v) is 18.5. The van der Waals surface area contributed by atoms with Crippen LogP contribution in [-0.4, -0.2) is 43.6 Å². The first-order chi connectivity index (χ1) is 11.7. The third-order valence-electron chi connectivity index (χ3n) is 4.48. The SMILES string of the molecule is CCCN1CCC(CNC(=NCc2ccc(Cl)cc2)NCC)CC1.I. The van der Waals surface area contributed by atoms with Gasteiger partial charge in [0.2, 0.25) is 0 Å². The molecule has 6 heteroatoms. The van der Waals surface area contributed by atoms with E-state index in [1.807, 2.05) is 24.3 Å². The molecule has 0 spiro atoms. The van der Waals surface area contributed by atoms with E-state index in [1.54, 1.807) is 0 Å². The Kier molecular flexibility index (Phi) is 11.5. The number of rotatable bonds is 7. The Morgan fingerprint density at radius 1 is 1.16 bits per heavy atom. The van der Waals surface area contributed by atoms with E-state index in [2.05, 4.69) is 34.4 Å². The van der Waals surface area contributed by atoms with Crippen LogP contribution in [-0.2, 0) is 6.54 Å². The van der Waals surface area contributed by atoms with Crippen molar-refractivity contribution < 1.29 is 0 Å². The molecular weight excluding hydrogens is 447 g/mol. The third kappa shape index (κ3) is 8.60. The van der Waals surface area contributed by atoms with E-state index in [1.165, 1.54) is 44.5 Å². The largest absolute Gasteiger partial charge is 0.357 e. The molecule has 0 aliphatic carbocycles. The van der Waals surface area contributed by atoms with Crippen molar-refractivity contribution in [3.63, 3.8) is 0 Å². The molecule has 1 aromatic rings. The number of nitrogens with one attached hydrogen (secondary N) is 2. The smallest absolute Gasteiger partial charge is 0.191 e. The van der Waals surface area contributed by atoms with Crippen molar-refractivity contribution in [3.05, 3.63) is 34.9 Å². The summed E-state index contributed by atoms with van der Waals surface area (Å²) in [5.74, 6) is 1.65. The molecule has 1 aliphatic rings. The van der Waals surface area contributed by atoms with E-state index in [9.17, 15) is 0 Å². The molecule has 0 radical (unpaired) electrons. The molecule has 1 fully saturated rings. The van der Waals surface area contributed by atoms with Crippen molar-refractivity contribution in [1.29, 1.82) is 0 Å². The van der Waals surface area contributed by atoms with E-state index < -0.39 is 0 Å². The molecule has 1 aromatic carbocycles. The molecule has 0 bridgehead atoms. The first kappa shape index (κ1) is 22.5. The van der Waals surface area contributed by atoms with Gasteiger partial charge in [0.15, 0.2) is 5.96 Å². The summed E-state index contributed by atoms with van der Waals surface area (Å²) in [5, 5.41) is 7.61. The van der Waals surface area contributed by atoms with Crippen molar-refractivity contribution in [2.24, 2.45) is 10.9 Å². The summed E-state index contributed by atoms with van der Waals surface area (Å²) in [6.07, 6.45) is 3.82. The van der Waals surface area contributed by atoms with Crippen LogP contribution in [0.3, 0.4) is 0 Å². The van der Waals surface area contributed by atoms with Gasteiger partial charge in [-0.25, -0.2) is 4.99 Å². The molecule has 2 rings (SSSR count). The maximum Gasteiger partial charge on any atom is 0.191 e. The fourth-order valence-corrected chi connectivity index (χ4v) is 3.20. The van der Waals surface area contributed by atoms with E-state index in [-0.39, 0.29) is 24.0 Å². The molecule has 0 saturated carbocycles. The second-order valence-corrected chi connectivity index (χ2v) is 6.92. The van der Waals surface area contributed by atoms with Crippen LogP contribution < -0.4 is 10.6 Å². The minimum Gasteiger partial charge on any atom is -0.357 e. The van der Waals surface area contributed by atoms with E-state index in [0.29, 0.717) is 6.54 Å². The molecule has 1 saturated heterocycles. The molecule has 2 N–H and O–H groups in total. The normalized spacial score (nSPS) is 16.4. The average Bonchev–Trinajstić information content (AvgIpc) is 2.60. The number of guanidine groups is 1. The van der Waals surface area contributed by atoms with Gasteiger partial charge in [0.05, 0.1) is 6.54 Å². The lowest BCUT2D eigenvalue weighted by Crippen LogP contribution is -2.43. The molecule has 25 heavy (non-hydrogen) atoms. The number of hydrogen-bond acceptors (Lipinski definition) is 2. The van der Waals surface area contributed by atoms with Crippen LogP contribution in [0.2, 0.25) is 5.02 Å². The van der Waals surface area contributed by atoms with Gasteiger partial charge in [-0.2, -0.15) is 0 Å². The highest BCUT2D eigenvalue weighted by molar-refractivity contribution is 14.0. The summed E-state index contributed by atoms with van der Waals surface area (Å²) in [6, 6.07) is 7.88. The lowest BCUT2D eigenvalue weighted by molar-refractivity contribution is 0.185. The summed E-state index contributed by atoms with van der Waals surface area (Å²) < 4.78 is 0. The number of likely N-dealkylation sites (tertiary alicyclic amines) is 1. The molecule has 0 amide bonds. The van der Waals surface area contributed by atoms with Gasteiger partial charge in [-0.3, -0.25) is 0 Å². The van der Waals surface area contributed by atoms with Gasteiger partial charge in [0, 0.05) is 18.1 Å². The highest BCUT2D eigenvalue weighted by Gasteiger charge is 2.18. The Hall–Kier alpha value is -0.530. The standard InChI is InChI=1S/C19H31ClN4.HI/c1-3-11-24-12-9-17(10-13-24)15-23-19(21-4-2)22-14-16-5-7-18(20)8-6-16;/h5-8,17H,3-4,9-15H2,1-2H3,(H2,21,22,23);1H. The summed E-state index contributed by atoms with van der Waals surface area (Å²) in [7, 11) is 0. The Labute approximate surface area is 174 Å².